The first kappa shape index (κ1) is 15.7. The van der Waals surface area contributed by atoms with Crippen molar-refractivity contribution >= 4 is 5.91 Å². The van der Waals surface area contributed by atoms with Gasteiger partial charge in [-0.15, -0.1) is 0 Å². The number of carbonyl (C=O) groups is 1. The average Bonchev–Trinajstić information content (AvgIpc) is 3.17. The topological polar surface area (TPSA) is 45.5 Å². The number of likely N-dealkylation sites (tertiary alicyclic amines) is 1. The first-order chi connectivity index (χ1) is 11.2. The Balaban J connectivity index is 1.43. The first-order valence-corrected chi connectivity index (χ1v) is 8.06. The van der Waals surface area contributed by atoms with Crippen LogP contribution in [0.15, 0.2) is 40.8 Å². The maximum Gasteiger partial charge on any atom is 0.222 e. The Morgan fingerprint density at radius 2 is 2.09 bits per heavy atom. The minimum atomic E-state index is -0.281. The van der Waals surface area contributed by atoms with Gasteiger partial charge in [0.2, 0.25) is 5.91 Å². The number of hydrogen-bond donors (Lipinski definition) is 1. The summed E-state index contributed by atoms with van der Waals surface area (Å²) in [5, 5.41) is 3.29. The molecule has 2 heterocycles. The quantitative estimate of drug-likeness (QED) is 0.798. The van der Waals surface area contributed by atoms with E-state index in [4.69, 9.17) is 4.42 Å². The van der Waals surface area contributed by atoms with Crippen molar-refractivity contribution in [2.45, 2.75) is 25.8 Å². The molecular weight excluding hydrogens is 295 g/mol. The van der Waals surface area contributed by atoms with Crippen molar-refractivity contribution in [3.63, 3.8) is 0 Å². The molecule has 1 aliphatic heterocycles. The summed E-state index contributed by atoms with van der Waals surface area (Å²) in [6.45, 7) is 3.12. The Bertz CT molecular complexity index is 669. The number of rotatable bonds is 7. The van der Waals surface area contributed by atoms with E-state index in [1.165, 1.54) is 6.07 Å². The molecule has 0 radical (unpaired) electrons. The molecule has 1 N–H and O–H groups in total. The highest BCUT2D eigenvalue weighted by Crippen LogP contribution is 2.24. The lowest BCUT2D eigenvalue weighted by Crippen LogP contribution is -2.28. The number of hydrogen-bond acceptors (Lipinski definition) is 3. The van der Waals surface area contributed by atoms with Gasteiger partial charge in [0.15, 0.2) is 0 Å². The number of furan rings is 1. The highest BCUT2D eigenvalue weighted by atomic mass is 19.1. The van der Waals surface area contributed by atoms with Crippen LogP contribution in [0, 0.1) is 5.82 Å². The number of amides is 1. The molecule has 1 saturated heterocycles. The third kappa shape index (κ3) is 3.99. The van der Waals surface area contributed by atoms with Crippen LogP contribution in [0.5, 0.6) is 0 Å². The summed E-state index contributed by atoms with van der Waals surface area (Å²) in [7, 11) is 0. The van der Waals surface area contributed by atoms with E-state index >= 15 is 0 Å². The summed E-state index contributed by atoms with van der Waals surface area (Å²) in [6, 6.07) is 10.2. The van der Waals surface area contributed by atoms with Crippen molar-refractivity contribution in [1.29, 1.82) is 0 Å². The van der Waals surface area contributed by atoms with Gasteiger partial charge in [0.05, 0.1) is 12.1 Å². The lowest BCUT2D eigenvalue weighted by Gasteiger charge is -2.15. The van der Waals surface area contributed by atoms with Gasteiger partial charge in [0, 0.05) is 19.5 Å². The smallest absolute Gasteiger partial charge is 0.222 e. The van der Waals surface area contributed by atoms with Crippen LogP contribution in [0.3, 0.4) is 0 Å². The zero-order valence-corrected chi connectivity index (χ0v) is 13.1. The third-order valence-electron chi connectivity index (χ3n) is 4.05. The minimum absolute atomic E-state index is 0.269. The maximum absolute atomic E-state index is 13.7. The van der Waals surface area contributed by atoms with Crippen molar-refractivity contribution in [1.82, 2.24) is 10.2 Å². The van der Waals surface area contributed by atoms with Gasteiger partial charge >= 0.3 is 0 Å². The molecule has 1 aliphatic rings. The van der Waals surface area contributed by atoms with Gasteiger partial charge in [-0.25, -0.2) is 4.39 Å². The van der Waals surface area contributed by atoms with E-state index in [9.17, 15) is 9.18 Å². The second-order valence-corrected chi connectivity index (χ2v) is 5.76. The van der Waals surface area contributed by atoms with E-state index in [1.807, 2.05) is 11.0 Å². The second kappa shape index (κ2) is 7.42. The van der Waals surface area contributed by atoms with E-state index in [0.717, 1.165) is 38.2 Å². The molecule has 0 spiro atoms. The van der Waals surface area contributed by atoms with Crippen molar-refractivity contribution in [3.8, 4) is 11.3 Å². The van der Waals surface area contributed by atoms with E-state index < -0.39 is 0 Å². The van der Waals surface area contributed by atoms with Crippen LogP contribution >= 0.6 is 0 Å². The molecule has 5 heteroatoms. The molecule has 0 saturated carbocycles. The molecule has 0 bridgehead atoms. The normalized spacial score (nSPS) is 14.7. The van der Waals surface area contributed by atoms with Gasteiger partial charge in [0.25, 0.3) is 0 Å². The zero-order valence-electron chi connectivity index (χ0n) is 13.1. The van der Waals surface area contributed by atoms with Crippen LogP contribution in [0.2, 0.25) is 0 Å². The highest BCUT2D eigenvalue weighted by Gasteiger charge is 2.18. The fourth-order valence-corrected chi connectivity index (χ4v) is 2.83. The fourth-order valence-electron chi connectivity index (χ4n) is 2.83. The molecule has 1 amide bonds. The molecule has 1 fully saturated rings. The van der Waals surface area contributed by atoms with Crippen LogP contribution in [0.1, 0.15) is 25.0 Å². The Labute approximate surface area is 135 Å². The van der Waals surface area contributed by atoms with Crippen molar-refractivity contribution in [2.24, 2.45) is 0 Å². The number of nitrogens with zero attached hydrogens (tertiary/aromatic N) is 1. The summed E-state index contributed by atoms with van der Waals surface area (Å²) in [5.74, 6) is 1.31. The predicted molar refractivity (Wildman–Crippen MR) is 86.2 cm³/mol. The second-order valence-electron chi connectivity index (χ2n) is 5.76. The van der Waals surface area contributed by atoms with Crippen molar-refractivity contribution < 1.29 is 13.6 Å². The zero-order chi connectivity index (χ0) is 16.1. The summed E-state index contributed by atoms with van der Waals surface area (Å²) in [6.07, 6.45) is 2.60. The van der Waals surface area contributed by atoms with Gasteiger partial charge < -0.3 is 14.6 Å². The molecule has 1 aromatic heterocycles. The standard InChI is InChI=1S/C18H21FN2O2/c19-16-6-2-1-5-15(16)17-9-8-14(23-17)13-20-10-4-12-21-11-3-7-18(21)22/h1-2,5-6,8-9,20H,3-4,7,10-13H2. The number of halogens is 1. The lowest BCUT2D eigenvalue weighted by atomic mass is 10.1. The maximum atomic E-state index is 13.7. The molecular formula is C18H21FN2O2. The summed E-state index contributed by atoms with van der Waals surface area (Å²) >= 11 is 0. The molecule has 3 rings (SSSR count). The Hall–Kier alpha value is -2.14. The number of carbonyl (C=O) groups excluding carboxylic acids is 1. The molecule has 0 atom stereocenters. The summed E-state index contributed by atoms with van der Waals surface area (Å²) in [5.41, 5.74) is 0.478. The van der Waals surface area contributed by atoms with Crippen molar-refractivity contribution in [3.05, 3.63) is 48.0 Å². The van der Waals surface area contributed by atoms with Gasteiger partial charge in [-0.05, 0) is 43.7 Å². The Morgan fingerprint density at radius 3 is 2.87 bits per heavy atom. The monoisotopic (exact) mass is 316 g/mol. The van der Waals surface area contributed by atoms with Crippen LogP contribution in [0.25, 0.3) is 11.3 Å². The molecule has 2 aromatic rings. The minimum Gasteiger partial charge on any atom is -0.460 e. The molecule has 0 unspecified atom stereocenters. The largest absolute Gasteiger partial charge is 0.460 e. The summed E-state index contributed by atoms with van der Waals surface area (Å²) in [4.78, 5) is 13.4. The van der Waals surface area contributed by atoms with Crippen LogP contribution in [0.4, 0.5) is 4.39 Å². The highest BCUT2D eigenvalue weighted by molar-refractivity contribution is 5.77. The SMILES string of the molecule is O=C1CCCN1CCCNCc1ccc(-c2ccccc2F)o1. The van der Waals surface area contributed by atoms with Crippen LogP contribution in [-0.2, 0) is 11.3 Å². The molecule has 0 aliphatic carbocycles. The number of nitrogens with one attached hydrogen (secondary N) is 1. The van der Waals surface area contributed by atoms with Crippen LogP contribution in [-0.4, -0.2) is 30.4 Å². The molecule has 4 nitrogen and oxygen atoms in total. The van der Waals surface area contributed by atoms with Gasteiger partial charge in [-0.1, -0.05) is 12.1 Å². The van der Waals surface area contributed by atoms with E-state index in [2.05, 4.69) is 5.32 Å². The summed E-state index contributed by atoms with van der Waals surface area (Å²) < 4.78 is 19.4. The third-order valence-corrected chi connectivity index (χ3v) is 4.05. The van der Waals surface area contributed by atoms with Crippen molar-refractivity contribution in [2.75, 3.05) is 19.6 Å². The lowest BCUT2D eigenvalue weighted by molar-refractivity contribution is -0.127. The fraction of sp³-hybridized carbons (Fsp3) is 0.389. The van der Waals surface area contributed by atoms with E-state index in [1.54, 1.807) is 24.3 Å². The predicted octanol–water partition coefficient (Wildman–Crippen LogP) is 3.19. The molecule has 122 valence electrons. The van der Waals surface area contributed by atoms with Gasteiger partial charge in [-0.2, -0.15) is 0 Å². The van der Waals surface area contributed by atoms with Crippen LogP contribution < -0.4 is 5.32 Å². The molecule has 1 aromatic carbocycles. The molecule has 23 heavy (non-hydrogen) atoms. The average molecular weight is 316 g/mol. The Kier molecular flexibility index (Phi) is 5.08. The Morgan fingerprint density at radius 1 is 1.22 bits per heavy atom. The van der Waals surface area contributed by atoms with E-state index in [-0.39, 0.29) is 11.7 Å². The van der Waals surface area contributed by atoms with Gasteiger partial charge in [0.1, 0.15) is 17.3 Å². The van der Waals surface area contributed by atoms with E-state index in [0.29, 0.717) is 24.3 Å². The first-order valence-electron chi connectivity index (χ1n) is 8.06. The number of benzene rings is 1. The van der Waals surface area contributed by atoms with Gasteiger partial charge in [-0.3, -0.25) is 4.79 Å².